The third-order valence-corrected chi connectivity index (χ3v) is 6.44. The molecule has 5 nitrogen and oxygen atoms in total. The molecule has 1 aromatic heterocycles. The minimum Gasteiger partial charge on any atom is -0.271 e. The van der Waals surface area contributed by atoms with Gasteiger partial charge in [0.05, 0.1) is 11.4 Å². The number of alkyl halides is 1. The van der Waals surface area contributed by atoms with Gasteiger partial charge in [0.25, 0.3) is 0 Å². The van der Waals surface area contributed by atoms with Crippen LogP contribution in [-0.4, -0.2) is 40.4 Å². The maximum atomic E-state index is 12.8. The molecule has 0 spiro atoms. The second kappa shape index (κ2) is 5.54. The number of hydrogen-bond acceptors (Lipinski definition) is 3. The van der Waals surface area contributed by atoms with Gasteiger partial charge in [-0.3, -0.25) is 4.68 Å². The normalized spacial score (nSPS) is 21.2. The summed E-state index contributed by atoms with van der Waals surface area (Å²) < 4.78 is 29.0. The van der Waals surface area contributed by atoms with Crippen molar-refractivity contribution in [2.45, 2.75) is 44.0 Å². The third-order valence-electron chi connectivity index (χ3n) is 3.77. The summed E-state index contributed by atoms with van der Waals surface area (Å²) in [6.07, 6.45) is 2.75. The van der Waals surface area contributed by atoms with Gasteiger partial charge in [-0.1, -0.05) is 15.9 Å². The van der Waals surface area contributed by atoms with E-state index in [2.05, 4.69) is 21.0 Å². The zero-order valence-electron chi connectivity index (χ0n) is 11.6. The van der Waals surface area contributed by atoms with Crippen LogP contribution in [0.5, 0.6) is 0 Å². The fraction of sp³-hybridized carbons (Fsp3) is 0.750. The van der Waals surface area contributed by atoms with Gasteiger partial charge in [-0.2, -0.15) is 9.40 Å². The van der Waals surface area contributed by atoms with Gasteiger partial charge in [-0.25, -0.2) is 8.42 Å². The predicted molar refractivity (Wildman–Crippen MR) is 78.0 cm³/mol. The molecule has 0 amide bonds. The van der Waals surface area contributed by atoms with Crippen molar-refractivity contribution in [3.05, 3.63) is 11.4 Å². The Kier molecular flexibility index (Phi) is 4.37. The van der Waals surface area contributed by atoms with Gasteiger partial charge < -0.3 is 0 Å². The van der Waals surface area contributed by atoms with E-state index in [-0.39, 0.29) is 6.04 Å². The van der Waals surface area contributed by atoms with E-state index in [1.165, 1.54) is 0 Å². The van der Waals surface area contributed by atoms with E-state index in [1.54, 1.807) is 23.0 Å². The molecule has 0 aliphatic carbocycles. The topological polar surface area (TPSA) is 55.2 Å². The first-order valence-electron chi connectivity index (χ1n) is 6.47. The zero-order chi connectivity index (χ0) is 14.2. The highest BCUT2D eigenvalue weighted by Crippen LogP contribution is 2.30. The zero-order valence-corrected chi connectivity index (χ0v) is 14.0. The Morgan fingerprint density at radius 1 is 1.42 bits per heavy atom. The summed E-state index contributed by atoms with van der Waals surface area (Å²) in [6, 6.07) is 0.114. The summed E-state index contributed by atoms with van der Waals surface area (Å²) in [5.74, 6) is 0. The average Bonchev–Trinajstić information content (AvgIpc) is 2.86. The number of aryl methyl sites for hydroxylation is 2. The molecule has 1 aliphatic rings. The van der Waals surface area contributed by atoms with Crippen molar-refractivity contribution in [1.82, 2.24) is 14.1 Å². The molecule has 2 rings (SSSR count). The molecule has 1 aliphatic heterocycles. The van der Waals surface area contributed by atoms with E-state index >= 15 is 0 Å². The highest BCUT2D eigenvalue weighted by atomic mass is 79.9. The molecule has 19 heavy (non-hydrogen) atoms. The molecule has 0 aromatic carbocycles. The Hall–Kier alpha value is -0.400. The minimum absolute atomic E-state index is 0.114. The summed E-state index contributed by atoms with van der Waals surface area (Å²) in [4.78, 5) is 0.386. The van der Waals surface area contributed by atoms with Crippen LogP contribution in [0.15, 0.2) is 4.90 Å². The quantitative estimate of drug-likeness (QED) is 0.781. The summed E-state index contributed by atoms with van der Waals surface area (Å²) >= 11 is 3.40. The highest BCUT2D eigenvalue weighted by Gasteiger charge is 2.37. The molecule has 1 saturated heterocycles. The van der Waals surface area contributed by atoms with Crippen LogP contribution < -0.4 is 0 Å². The van der Waals surface area contributed by atoms with E-state index in [0.717, 1.165) is 24.6 Å². The maximum Gasteiger partial charge on any atom is 0.246 e. The van der Waals surface area contributed by atoms with Gasteiger partial charge in [0.15, 0.2) is 0 Å². The van der Waals surface area contributed by atoms with Crippen LogP contribution in [0.25, 0.3) is 0 Å². The van der Waals surface area contributed by atoms with E-state index < -0.39 is 10.0 Å². The summed E-state index contributed by atoms with van der Waals surface area (Å²) in [6.45, 7) is 4.19. The van der Waals surface area contributed by atoms with Crippen LogP contribution >= 0.6 is 15.9 Å². The molecule has 1 fully saturated rings. The molecule has 2 heterocycles. The Morgan fingerprint density at radius 2 is 2.11 bits per heavy atom. The van der Waals surface area contributed by atoms with Crippen LogP contribution in [0.2, 0.25) is 0 Å². The van der Waals surface area contributed by atoms with Crippen LogP contribution in [0.1, 0.15) is 30.7 Å². The lowest BCUT2D eigenvalue weighted by atomic mass is 10.2. The largest absolute Gasteiger partial charge is 0.271 e. The molecule has 1 unspecified atom stereocenters. The van der Waals surface area contributed by atoms with Crippen LogP contribution in [0.4, 0.5) is 0 Å². The van der Waals surface area contributed by atoms with E-state index in [1.807, 2.05) is 6.92 Å². The standard InChI is InChI=1S/C12H20BrN3O2S/c1-9-12(10(2)15(3)14-9)19(17,18)16-8-4-5-11(16)6-7-13/h11H,4-8H2,1-3H3. The van der Waals surface area contributed by atoms with Crippen LogP contribution in [-0.2, 0) is 17.1 Å². The van der Waals surface area contributed by atoms with Crippen molar-refractivity contribution < 1.29 is 8.42 Å². The molecular formula is C12H20BrN3O2S. The lowest BCUT2D eigenvalue weighted by Gasteiger charge is -2.23. The Bertz CT molecular complexity index is 568. The second-order valence-electron chi connectivity index (χ2n) is 5.01. The number of aromatic nitrogens is 2. The lowest BCUT2D eigenvalue weighted by molar-refractivity contribution is 0.381. The third kappa shape index (κ3) is 2.60. The number of rotatable bonds is 4. The summed E-state index contributed by atoms with van der Waals surface area (Å²) in [5, 5.41) is 5.05. The van der Waals surface area contributed by atoms with Gasteiger partial charge in [-0.05, 0) is 33.1 Å². The van der Waals surface area contributed by atoms with Gasteiger partial charge in [-0.15, -0.1) is 0 Å². The van der Waals surface area contributed by atoms with Crippen molar-refractivity contribution in [1.29, 1.82) is 0 Å². The smallest absolute Gasteiger partial charge is 0.246 e. The fourth-order valence-corrected chi connectivity index (χ4v) is 5.44. The molecule has 1 aromatic rings. The van der Waals surface area contributed by atoms with Gasteiger partial charge >= 0.3 is 0 Å². The number of nitrogens with zero attached hydrogens (tertiary/aromatic N) is 3. The molecule has 0 saturated carbocycles. The molecule has 7 heteroatoms. The molecular weight excluding hydrogens is 330 g/mol. The van der Waals surface area contributed by atoms with Crippen molar-refractivity contribution in [3.8, 4) is 0 Å². The van der Waals surface area contributed by atoms with Crippen molar-refractivity contribution >= 4 is 26.0 Å². The molecule has 108 valence electrons. The van der Waals surface area contributed by atoms with Gasteiger partial charge in [0.1, 0.15) is 4.90 Å². The van der Waals surface area contributed by atoms with Gasteiger partial charge in [0.2, 0.25) is 10.0 Å². The van der Waals surface area contributed by atoms with Gasteiger partial charge in [0, 0.05) is 25.0 Å². The number of hydrogen-bond donors (Lipinski definition) is 0. The first-order chi connectivity index (χ1) is 8.89. The molecule has 1 atom stereocenters. The fourth-order valence-electron chi connectivity index (χ4n) is 2.78. The van der Waals surface area contributed by atoms with E-state index in [4.69, 9.17) is 0 Å². The molecule has 0 bridgehead atoms. The predicted octanol–water partition coefficient (Wildman–Crippen LogP) is 1.98. The summed E-state index contributed by atoms with van der Waals surface area (Å²) in [5.41, 5.74) is 1.30. The van der Waals surface area contributed by atoms with Crippen LogP contribution in [0.3, 0.4) is 0 Å². The molecule has 0 radical (unpaired) electrons. The van der Waals surface area contributed by atoms with Crippen molar-refractivity contribution in [2.75, 3.05) is 11.9 Å². The highest BCUT2D eigenvalue weighted by molar-refractivity contribution is 9.09. The monoisotopic (exact) mass is 349 g/mol. The van der Waals surface area contributed by atoms with Crippen LogP contribution in [0, 0.1) is 13.8 Å². The van der Waals surface area contributed by atoms with E-state index in [9.17, 15) is 8.42 Å². The minimum atomic E-state index is -3.42. The lowest BCUT2D eigenvalue weighted by Crippen LogP contribution is -2.36. The molecule has 0 N–H and O–H groups in total. The van der Waals surface area contributed by atoms with E-state index in [0.29, 0.717) is 22.8 Å². The average molecular weight is 350 g/mol. The Labute approximate surface area is 123 Å². The van der Waals surface area contributed by atoms with Crippen molar-refractivity contribution in [3.63, 3.8) is 0 Å². The Balaban J connectivity index is 2.42. The SMILES string of the molecule is Cc1nn(C)c(C)c1S(=O)(=O)N1CCCC1CCBr. The maximum absolute atomic E-state index is 12.8. The first kappa shape index (κ1) is 15.0. The first-order valence-corrected chi connectivity index (χ1v) is 9.03. The number of sulfonamides is 1. The Morgan fingerprint density at radius 3 is 2.63 bits per heavy atom. The number of halogens is 1. The second-order valence-corrected chi connectivity index (χ2v) is 7.63. The van der Waals surface area contributed by atoms with Crippen molar-refractivity contribution in [2.24, 2.45) is 7.05 Å². The summed E-state index contributed by atoms with van der Waals surface area (Å²) in [7, 11) is -1.64.